The van der Waals surface area contributed by atoms with Crippen LogP contribution in [0.1, 0.15) is 40.0 Å². The molecule has 2 aliphatic heterocycles. The van der Waals surface area contributed by atoms with E-state index in [2.05, 4.69) is 6.58 Å². The molecule has 2 N–H and O–H groups in total. The number of hydrogen-bond donors (Lipinski definition) is 2. The van der Waals surface area contributed by atoms with Crippen LogP contribution in [0.4, 0.5) is 0 Å². The zero-order valence-electron chi connectivity index (χ0n) is 16.0. The van der Waals surface area contributed by atoms with Gasteiger partial charge in [0.2, 0.25) is 0 Å². The molecule has 2 saturated heterocycles. The summed E-state index contributed by atoms with van der Waals surface area (Å²) in [6.07, 6.45) is 0.499. The fraction of sp³-hybridized carbons (Fsp3) is 0.700. The van der Waals surface area contributed by atoms with Crippen molar-refractivity contribution in [1.82, 2.24) is 0 Å². The number of carbonyl (C=O) groups excluding carboxylic acids is 2. The second-order valence-corrected chi connectivity index (χ2v) is 8.01. The lowest BCUT2D eigenvalue weighted by molar-refractivity contribution is -0.150. The molecule has 2 heterocycles. The van der Waals surface area contributed by atoms with Crippen LogP contribution in [-0.2, 0) is 23.8 Å². The maximum atomic E-state index is 12.4. The number of epoxide rings is 1. The Labute approximate surface area is 159 Å². The Balaban J connectivity index is 1.93. The molecule has 3 fully saturated rings. The normalized spacial score (nSPS) is 42.0. The van der Waals surface area contributed by atoms with Crippen molar-refractivity contribution in [2.75, 3.05) is 6.61 Å². The highest BCUT2D eigenvalue weighted by Crippen LogP contribution is 2.48. The first-order valence-electron chi connectivity index (χ1n) is 9.40. The topological polar surface area (TPSA) is 106 Å². The first-order valence-corrected chi connectivity index (χ1v) is 9.40. The van der Waals surface area contributed by atoms with Crippen LogP contribution in [0.25, 0.3) is 0 Å². The molecule has 0 unspecified atom stereocenters. The Morgan fingerprint density at radius 3 is 2.78 bits per heavy atom. The van der Waals surface area contributed by atoms with Gasteiger partial charge in [-0.15, -0.1) is 0 Å². The number of aliphatic hydroxyl groups excluding tert-OH is 2. The summed E-state index contributed by atoms with van der Waals surface area (Å²) in [5.41, 5.74) is 0.161. The predicted octanol–water partition coefficient (Wildman–Crippen LogP) is 1.27. The SMILES string of the molecule is C=C1C(=O)O[C@@H]2C[C@@H](CO)[C@@H](O)C[C@H]3O[C@]3(C)C[C@@H](OC(=O)/C(C)=C\C)[C@@H]12. The van der Waals surface area contributed by atoms with Gasteiger partial charge in [0, 0.05) is 36.5 Å². The number of carbonyl (C=O) groups is 2. The molecule has 150 valence electrons. The van der Waals surface area contributed by atoms with E-state index in [9.17, 15) is 19.8 Å². The maximum Gasteiger partial charge on any atom is 0.334 e. The Morgan fingerprint density at radius 1 is 1.44 bits per heavy atom. The molecule has 1 aliphatic carbocycles. The van der Waals surface area contributed by atoms with Gasteiger partial charge in [0.05, 0.1) is 23.7 Å². The number of rotatable bonds is 3. The lowest BCUT2D eigenvalue weighted by Gasteiger charge is -2.32. The molecule has 0 amide bonds. The van der Waals surface area contributed by atoms with E-state index in [0.29, 0.717) is 18.4 Å². The van der Waals surface area contributed by atoms with E-state index in [1.165, 1.54) is 0 Å². The standard InChI is InChI=1S/C20H28O7/c1-5-10(2)18(23)26-15-8-20(4)16(27-20)7-13(22)12(9-21)6-14-17(15)11(3)19(24)25-14/h5,12-17,21-22H,3,6-9H2,1-2,4H3/b10-5-/t12-,13-,14+,15+,16+,17-,20+/m0/s1. The quantitative estimate of drug-likeness (QED) is 0.431. The van der Waals surface area contributed by atoms with Gasteiger partial charge in [0.25, 0.3) is 0 Å². The van der Waals surface area contributed by atoms with Gasteiger partial charge < -0.3 is 24.4 Å². The number of esters is 2. The monoisotopic (exact) mass is 380 g/mol. The summed E-state index contributed by atoms with van der Waals surface area (Å²) in [5.74, 6) is -1.98. The lowest BCUT2D eigenvalue weighted by atomic mass is 9.78. The number of allylic oxidation sites excluding steroid dienone is 1. The molecule has 0 spiro atoms. The second-order valence-electron chi connectivity index (χ2n) is 8.01. The highest BCUT2D eigenvalue weighted by atomic mass is 16.6. The molecule has 0 radical (unpaired) electrons. The lowest BCUT2D eigenvalue weighted by Crippen LogP contribution is -2.41. The molecule has 0 bridgehead atoms. The zero-order chi connectivity index (χ0) is 19.9. The van der Waals surface area contributed by atoms with Crippen LogP contribution in [0, 0.1) is 11.8 Å². The van der Waals surface area contributed by atoms with Gasteiger partial charge in [-0.25, -0.2) is 9.59 Å². The minimum Gasteiger partial charge on any atom is -0.458 e. The molecule has 7 heteroatoms. The zero-order valence-corrected chi connectivity index (χ0v) is 16.0. The van der Waals surface area contributed by atoms with E-state index in [1.54, 1.807) is 19.9 Å². The molecule has 0 aromatic heterocycles. The number of fused-ring (bicyclic) bond motifs is 2. The van der Waals surface area contributed by atoms with Crippen LogP contribution in [0.3, 0.4) is 0 Å². The van der Waals surface area contributed by atoms with Gasteiger partial charge in [0.1, 0.15) is 12.2 Å². The van der Waals surface area contributed by atoms with Crippen LogP contribution in [-0.4, -0.2) is 58.8 Å². The first-order chi connectivity index (χ1) is 12.7. The van der Waals surface area contributed by atoms with Crippen molar-refractivity contribution in [2.24, 2.45) is 11.8 Å². The maximum absolute atomic E-state index is 12.4. The summed E-state index contributed by atoms with van der Waals surface area (Å²) in [6, 6.07) is 0. The van der Waals surface area contributed by atoms with Crippen molar-refractivity contribution in [1.29, 1.82) is 0 Å². The largest absolute Gasteiger partial charge is 0.458 e. The summed E-state index contributed by atoms with van der Waals surface area (Å²) in [5, 5.41) is 20.2. The van der Waals surface area contributed by atoms with Crippen molar-refractivity contribution < 1.29 is 34.0 Å². The highest BCUT2D eigenvalue weighted by Gasteiger charge is 2.58. The smallest absolute Gasteiger partial charge is 0.334 e. The highest BCUT2D eigenvalue weighted by molar-refractivity contribution is 5.91. The van der Waals surface area contributed by atoms with Gasteiger partial charge in [-0.1, -0.05) is 12.7 Å². The fourth-order valence-corrected chi connectivity index (χ4v) is 4.13. The molecule has 7 atom stereocenters. The van der Waals surface area contributed by atoms with E-state index in [0.717, 1.165) is 0 Å². The first kappa shape index (κ1) is 20.0. The van der Waals surface area contributed by atoms with E-state index >= 15 is 0 Å². The Hall–Kier alpha value is -1.70. The van der Waals surface area contributed by atoms with Crippen LogP contribution in [0.2, 0.25) is 0 Å². The van der Waals surface area contributed by atoms with Crippen LogP contribution in [0.5, 0.6) is 0 Å². The van der Waals surface area contributed by atoms with Crippen LogP contribution < -0.4 is 0 Å². The van der Waals surface area contributed by atoms with Gasteiger partial charge in [0.15, 0.2) is 0 Å². The summed E-state index contributed by atoms with van der Waals surface area (Å²) >= 11 is 0. The minimum atomic E-state index is -0.764. The van der Waals surface area contributed by atoms with Gasteiger partial charge in [-0.05, 0) is 27.2 Å². The molecular formula is C20H28O7. The minimum absolute atomic E-state index is 0.187. The molecule has 3 aliphatic rings. The van der Waals surface area contributed by atoms with Gasteiger partial charge in [-0.2, -0.15) is 0 Å². The molecule has 0 aromatic rings. The van der Waals surface area contributed by atoms with Gasteiger partial charge >= 0.3 is 11.9 Å². The predicted molar refractivity (Wildman–Crippen MR) is 95.5 cm³/mol. The fourth-order valence-electron chi connectivity index (χ4n) is 4.13. The number of aliphatic hydroxyl groups is 2. The third-order valence-corrected chi connectivity index (χ3v) is 6.15. The van der Waals surface area contributed by atoms with Crippen LogP contribution in [0.15, 0.2) is 23.8 Å². The third kappa shape index (κ3) is 3.81. The summed E-state index contributed by atoms with van der Waals surface area (Å²) in [4.78, 5) is 24.6. The van der Waals surface area contributed by atoms with E-state index in [-0.39, 0.29) is 24.7 Å². The van der Waals surface area contributed by atoms with E-state index in [4.69, 9.17) is 14.2 Å². The molecule has 1 saturated carbocycles. The summed E-state index contributed by atoms with van der Waals surface area (Å²) in [7, 11) is 0. The van der Waals surface area contributed by atoms with Crippen molar-refractivity contribution in [3.63, 3.8) is 0 Å². The third-order valence-electron chi connectivity index (χ3n) is 6.15. The Bertz CT molecular complexity index is 669. The van der Waals surface area contributed by atoms with Crippen molar-refractivity contribution >= 4 is 11.9 Å². The Morgan fingerprint density at radius 2 is 2.15 bits per heavy atom. The molecule has 3 rings (SSSR count). The molecular weight excluding hydrogens is 352 g/mol. The molecule has 0 aromatic carbocycles. The van der Waals surface area contributed by atoms with Crippen molar-refractivity contribution in [3.8, 4) is 0 Å². The van der Waals surface area contributed by atoms with Crippen molar-refractivity contribution in [2.45, 2.75) is 70.1 Å². The summed E-state index contributed by atoms with van der Waals surface area (Å²) < 4.78 is 17.0. The average molecular weight is 380 g/mol. The Kier molecular flexibility index (Phi) is 5.47. The second kappa shape index (κ2) is 7.37. The molecule has 27 heavy (non-hydrogen) atoms. The van der Waals surface area contributed by atoms with Gasteiger partial charge in [-0.3, -0.25) is 0 Å². The molecule has 7 nitrogen and oxygen atoms in total. The van der Waals surface area contributed by atoms with Crippen LogP contribution >= 0.6 is 0 Å². The summed E-state index contributed by atoms with van der Waals surface area (Å²) in [6.45, 7) is 8.94. The average Bonchev–Trinajstić information content (AvgIpc) is 3.15. The van der Waals surface area contributed by atoms with E-state index in [1.807, 2.05) is 6.92 Å². The van der Waals surface area contributed by atoms with E-state index < -0.39 is 47.7 Å². The number of ether oxygens (including phenoxy) is 3. The number of hydrogen-bond acceptors (Lipinski definition) is 7. The van der Waals surface area contributed by atoms with Crippen molar-refractivity contribution in [3.05, 3.63) is 23.8 Å².